The summed E-state index contributed by atoms with van der Waals surface area (Å²) in [5, 5.41) is 3.07. The Balaban J connectivity index is 1.97. The quantitative estimate of drug-likeness (QED) is 0.699. The molecule has 0 radical (unpaired) electrons. The number of nitrogens with one attached hydrogen (secondary N) is 1. The zero-order chi connectivity index (χ0) is 19.2. The van der Waals surface area contributed by atoms with E-state index in [2.05, 4.69) is 10.3 Å². The first-order valence-corrected chi connectivity index (χ1v) is 8.64. The van der Waals surface area contributed by atoms with Crippen molar-refractivity contribution in [1.29, 1.82) is 0 Å². The van der Waals surface area contributed by atoms with Crippen LogP contribution in [0.2, 0.25) is 0 Å². The normalized spacial score (nSPS) is 13.0. The minimum atomic E-state index is -0.719. The molecule has 0 saturated heterocycles. The SMILES string of the molecule is COc1ccccc1[C@H](NC(=O)[C@@H](OC)c1ccccc1)c1nccn1C. The monoisotopic (exact) mass is 365 g/mol. The molecule has 6 heteroatoms. The van der Waals surface area contributed by atoms with Crippen molar-refractivity contribution in [3.8, 4) is 5.75 Å². The van der Waals surface area contributed by atoms with Gasteiger partial charge in [0.05, 0.1) is 7.11 Å². The molecule has 27 heavy (non-hydrogen) atoms. The maximum absolute atomic E-state index is 13.1. The van der Waals surface area contributed by atoms with Crippen molar-refractivity contribution in [3.63, 3.8) is 0 Å². The predicted molar refractivity (Wildman–Crippen MR) is 102 cm³/mol. The Morgan fingerprint density at radius 1 is 1.07 bits per heavy atom. The van der Waals surface area contributed by atoms with Gasteiger partial charge in [0.25, 0.3) is 5.91 Å². The van der Waals surface area contributed by atoms with Gasteiger partial charge in [-0.15, -0.1) is 0 Å². The average Bonchev–Trinajstić information content (AvgIpc) is 3.13. The van der Waals surface area contributed by atoms with E-state index in [9.17, 15) is 4.79 Å². The fourth-order valence-corrected chi connectivity index (χ4v) is 3.08. The van der Waals surface area contributed by atoms with Crippen LogP contribution < -0.4 is 10.1 Å². The van der Waals surface area contributed by atoms with E-state index < -0.39 is 12.1 Å². The Hall–Kier alpha value is -3.12. The molecule has 1 amide bonds. The van der Waals surface area contributed by atoms with Crippen molar-refractivity contribution in [3.05, 3.63) is 83.9 Å². The minimum Gasteiger partial charge on any atom is -0.496 e. The van der Waals surface area contributed by atoms with Gasteiger partial charge in [0.2, 0.25) is 0 Å². The van der Waals surface area contributed by atoms with Gasteiger partial charge >= 0.3 is 0 Å². The molecule has 140 valence electrons. The summed E-state index contributed by atoms with van der Waals surface area (Å²) in [5.41, 5.74) is 1.61. The number of para-hydroxylation sites is 1. The number of carbonyl (C=O) groups excluding carboxylic acids is 1. The highest BCUT2D eigenvalue weighted by atomic mass is 16.5. The van der Waals surface area contributed by atoms with Crippen LogP contribution >= 0.6 is 0 Å². The summed E-state index contributed by atoms with van der Waals surface area (Å²) < 4.78 is 12.8. The van der Waals surface area contributed by atoms with Crippen LogP contribution in [0.3, 0.4) is 0 Å². The number of aromatic nitrogens is 2. The maximum Gasteiger partial charge on any atom is 0.254 e. The van der Waals surface area contributed by atoms with Crippen LogP contribution in [0.4, 0.5) is 0 Å². The van der Waals surface area contributed by atoms with Crippen LogP contribution in [-0.4, -0.2) is 29.7 Å². The minimum absolute atomic E-state index is 0.248. The standard InChI is InChI=1S/C21H23N3O3/c1-24-14-13-22-20(24)18(16-11-7-8-12-17(16)26-2)23-21(25)19(27-3)15-9-5-4-6-10-15/h4-14,18-19H,1-3H3,(H,23,25)/t18-,19-/m0/s1. The summed E-state index contributed by atoms with van der Waals surface area (Å²) in [7, 11) is 5.02. The number of nitrogens with zero attached hydrogens (tertiary/aromatic N) is 2. The summed E-state index contributed by atoms with van der Waals surface area (Å²) >= 11 is 0. The molecule has 0 unspecified atom stereocenters. The van der Waals surface area contributed by atoms with Gasteiger partial charge in [0.15, 0.2) is 6.10 Å². The van der Waals surface area contributed by atoms with Gasteiger partial charge in [-0.2, -0.15) is 0 Å². The lowest BCUT2D eigenvalue weighted by Gasteiger charge is -2.24. The summed E-state index contributed by atoms with van der Waals surface area (Å²) in [6.07, 6.45) is 2.83. The third kappa shape index (κ3) is 4.01. The molecule has 1 N–H and O–H groups in total. The van der Waals surface area contributed by atoms with E-state index >= 15 is 0 Å². The molecule has 1 heterocycles. The summed E-state index contributed by atoms with van der Waals surface area (Å²) in [6.45, 7) is 0. The fourth-order valence-electron chi connectivity index (χ4n) is 3.08. The second-order valence-corrected chi connectivity index (χ2v) is 6.11. The third-order valence-electron chi connectivity index (χ3n) is 4.43. The van der Waals surface area contributed by atoms with E-state index in [1.54, 1.807) is 13.3 Å². The Kier molecular flexibility index (Phi) is 5.88. The highest BCUT2D eigenvalue weighted by molar-refractivity contribution is 5.83. The van der Waals surface area contributed by atoms with Crippen LogP contribution in [0.5, 0.6) is 5.75 Å². The number of ether oxygens (including phenoxy) is 2. The average molecular weight is 365 g/mol. The van der Waals surface area contributed by atoms with Crippen molar-refractivity contribution < 1.29 is 14.3 Å². The van der Waals surface area contributed by atoms with Crippen LogP contribution in [0, 0.1) is 0 Å². The number of benzene rings is 2. The number of carbonyl (C=O) groups is 1. The Bertz CT molecular complexity index is 892. The van der Waals surface area contributed by atoms with E-state index in [1.165, 1.54) is 7.11 Å². The smallest absolute Gasteiger partial charge is 0.254 e. The first kappa shape index (κ1) is 18.7. The third-order valence-corrected chi connectivity index (χ3v) is 4.43. The van der Waals surface area contributed by atoms with Gasteiger partial charge in [-0.25, -0.2) is 4.98 Å². The Morgan fingerprint density at radius 3 is 2.41 bits per heavy atom. The van der Waals surface area contributed by atoms with E-state index in [1.807, 2.05) is 72.4 Å². The lowest BCUT2D eigenvalue weighted by atomic mass is 10.0. The van der Waals surface area contributed by atoms with Crippen LogP contribution in [0.25, 0.3) is 0 Å². The molecule has 1 aromatic heterocycles. The van der Waals surface area contributed by atoms with Crippen LogP contribution in [0.1, 0.15) is 29.1 Å². The molecule has 0 aliphatic rings. The lowest BCUT2D eigenvalue weighted by molar-refractivity contribution is -0.132. The lowest BCUT2D eigenvalue weighted by Crippen LogP contribution is -2.35. The molecule has 6 nitrogen and oxygen atoms in total. The van der Waals surface area contributed by atoms with Gasteiger partial charge in [-0.1, -0.05) is 48.5 Å². The van der Waals surface area contributed by atoms with Crippen LogP contribution in [-0.2, 0) is 16.6 Å². The van der Waals surface area contributed by atoms with Crippen molar-refractivity contribution >= 4 is 5.91 Å². The van der Waals surface area contributed by atoms with Crippen molar-refractivity contribution in [2.45, 2.75) is 12.1 Å². The molecule has 0 bridgehead atoms. The molecule has 0 aliphatic heterocycles. The number of hydrogen-bond acceptors (Lipinski definition) is 4. The zero-order valence-corrected chi connectivity index (χ0v) is 15.6. The molecule has 0 saturated carbocycles. The second kappa shape index (κ2) is 8.51. The van der Waals surface area contributed by atoms with Crippen molar-refractivity contribution in [2.24, 2.45) is 7.05 Å². The highest BCUT2D eigenvalue weighted by Gasteiger charge is 2.28. The van der Waals surface area contributed by atoms with Gasteiger partial charge in [0.1, 0.15) is 17.6 Å². The number of hydrogen-bond donors (Lipinski definition) is 1. The molecule has 2 aromatic carbocycles. The molecular formula is C21H23N3O3. The Morgan fingerprint density at radius 2 is 1.78 bits per heavy atom. The second-order valence-electron chi connectivity index (χ2n) is 6.11. The summed E-state index contributed by atoms with van der Waals surface area (Å²) in [6, 6.07) is 16.5. The zero-order valence-electron chi connectivity index (χ0n) is 15.6. The van der Waals surface area contributed by atoms with E-state index in [0.29, 0.717) is 11.6 Å². The maximum atomic E-state index is 13.1. The Labute approximate surface area is 158 Å². The summed E-state index contributed by atoms with van der Waals surface area (Å²) in [5.74, 6) is 1.14. The van der Waals surface area contributed by atoms with Gasteiger partial charge in [-0.05, 0) is 11.6 Å². The van der Waals surface area contributed by atoms with Gasteiger partial charge in [-0.3, -0.25) is 4.79 Å². The molecule has 3 aromatic rings. The topological polar surface area (TPSA) is 65.4 Å². The molecule has 0 spiro atoms. The van der Waals surface area contributed by atoms with Crippen LogP contribution in [0.15, 0.2) is 67.0 Å². The largest absolute Gasteiger partial charge is 0.496 e. The number of aryl methyl sites for hydroxylation is 1. The first-order valence-electron chi connectivity index (χ1n) is 8.64. The van der Waals surface area contributed by atoms with E-state index in [0.717, 1.165) is 11.1 Å². The molecule has 2 atom stereocenters. The molecule has 0 aliphatic carbocycles. The number of rotatable bonds is 7. The van der Waals surface area contributed by atoms with E-state index in [4.69, 9.17) is 9.47 Å². The van der Waals surface area contributed by atoms with Crippen molar-refractivity contribution in [2.75, 3.05) is 14.2 Å². The first-order chi connectivity index (χ1) is 13.2. The predicted octanol–water partition coefficient (Wildman–Crippen LogP) is 3.02. The number of methoxy groups -OCH3 is 2. The molecular weight excluding hydrogens is 342 g/mol. The molecule has 0 fully saturated rings. The van der Waals surface area contributed by atoms with Gasteiger partial charge < -0.3 is 19.4 Å². The van der Waals surface area contributed by atoms with E-state index in [-0.39, 0.29) is 5.91 Å². The molecule has 3 rings (SSSR count). The fraction of sp³-hybridized carbons (Fsp3) is 0.238. The number of amides is 1. The highest BCUT2D eigenvalue weighted by Crippen LogP contribution is 2.30. The van der Waals surface area contributed by atoms with Crippen molar-refractivity contribution in [1.82, 2.24) is 14.9 Å². The number of imidazole rings is 1. The summed E-state index contributed by atoms with van der Waals surface area (Å²) in [4.78, 5) is 17.5. The van der Waals surface area contributed by atoms with Gasteiger partial charge in [0, 0.05) is 32.1 Å².